The first kappa shape index (κ1) is 11.0. The molecule has 0 bridgehead atoms. The van der Waals surface area contributed by atoms with Crippen LogP contribution in [0.5, 0.6) is 5.75 Å². The van der Waals surface area contributed by atoms with E-state index in [0.29, 0.717) is 6.61 Å². The molecule has 1 aliphatic rings. The summed E-state index contributed by atoms with van der Waals surface area (Å²) in [7, 11) is 1.62. The maximum Gasteiger partial charge on any atom is 0.338 e. The third-order valence-electron chi connectivity index (χ3n) is 2.45. The Balaban J connectivity index is 1.97. The maximum absolute atomic E-state index is 11.3. The first-order valence-electron chi connectivity index (χ1n) is 5.22. The van der Waals surface area contributed by atoms with Crippen LogP contribution < -0.4 is 4.74 Å². The Bertz CT molecular complexity index is 371. The lowest BCUT2D eigenvalue weighted by atomic mass is 10.1. The minimum atomic E-state index is -0.437. The van der Waals surface area contributed by atoms with Crippen LogP contribution in [0.2, 0.25) is 0 Å². The van der Waals surface area contributed by atoms with Crippen LogP contribution in [0.1, 0.15) is 18.6 Å². The number of carbonyl (C=O) groups is 1. The average Bonchev–Trinajstić information content (AvgIpc) is 3.09. The molecule has 0 spiro atoms. The van der Waals surface area contributed by atoms with Crippen LogP contribution in [0, 0.1) is 0 Å². The van der Waals surface area contributed by atoms with Gasteiger partial charge in [0.15, 0.2) is 6.10 Å². The van der Waals surface area contributed by atoms with Gasteiger partial charge in [0.05, 0.1) is 13.7 Å². The third kappa shape index (κ3) is 2.17. The van der Waals surface area contributed by atoms with Crippen LogP contribution in [-0.2, 0) is 14.3 Å². The first-order valence-corrected chi connectivity index (χ1v) is 5.22. The molecule has 16 heavy (non-hydrogen) atoms. The summed E-state index contributed by atoms with van der Waals surface area (Å²) in [4.78, 5) is 11.3. The zero-order valence-corrected chi connectivity index (χ0v) is 9.30. The molecule has 0 amide bonds. The number of epoxide rings is 1. The monoisotopic (exact) mass is 222 g/mol. The van der Waals surface area contributed by atoms with Crippen molar-refractivity contribution in [3.8, 4) is 5.75 Å². The van der Waals surface area contributed by atoms with Crippen molar-refractivity contribution in [2.75, 3.05) is 13.7 Å². The Morgan fingerprint density at radius 1 is 1.38 bits per heavy atom. The van der Waals surface area contributed by atoms with Gasteiger partial charge in [0.1, 0.15) is 11.9 Å². The molecule has 1 fully saturated rings. The Labute approximate surface area is 94.1 Å². The third-order valence-corrected chi connectivity index (χ3v) is 2.45. The topological polar surface area (TPSA) is 48.1 Å². The highest BCUT2D eigenvalue weighted by molar-refractivity contribution is 5.78. The summed E-state index contributed by atoms with van der Waals surface area (Å²) in [6.45, 7) is 2.16. The second kappa shape index (κ2) is 4.53. The van der Waals surface area contributed by atoms with Gasteiger partial charge in [0.2, 0.25) is 0 Å². The highest BCUT2D eigenvalue weighted by Gasteiger charge is 2.47. The number of esters is 1. The van der Waals surface area contributed by atoms with Crippen molar-refractivity contribution in [3.05, 3.63) is 29.8 Å². The molecule has 4 heteroatoms. The van der Waals surface area contributed by atoms with Gasteiger partial charge in [-0.2, -0.15) is 0 Å². The predicted octanol–water partition coefficient (Wildman–Crippen LogP) is 1.70. The van der Waals surface area contributed by atoms with E-state index in [4.69, 9.17) is 14.2 Å². The SMILES string of the molecule is CCOC(=O)[C@H]1O[C@H]1c1ccc(OC)cc1. The number of benzene rings is 1. The normalized spacial score (nSPS) is 22.6. The van der Waals surface area contributed by atoms with Gasteiger partial charge >= 0.3 is 5.97 Å². The second-order valence-electron chi connectivity index (χ2n) is 3.50. The van der Waals surface area contributed by atoms with Gasteiger partial charge in [-0.1, -0.05) is 12.1 Å². The maximum atomic E-state index is 11.3. The van der Waals surface area contributed by atoms with Gasteiger partial charge in [-0.3, -0.25) is 0 Å². The molecule has 0 unspecified atom stereocenters. The highest BCUT2D eigenvalue weighted by atomic mass is 16.6. The van der Waals surface area contributed by atoms with Gasteiger partial charge < -0.3 is 14.2 Å². The van der Waals surface area contributed by atoms with Gasteiger partial charge in [-0.15, -0.1) is 0 Å². The van der Waals surface area contributed by atoms with Crippen molar-refractivity contribution in [1.82, 2.24) is 0 Å². The van der Waals surface area contributed by atoms with Crippen molar-refractivity contribution in [1.29, 1.82) is 0 Å². The molecule has 86 valence electrons. The zero-order valence-electron chi connectivity index (χ0n) is 9.30. The lowest BCUT2D eigenvalue weighted by molar-refractivity contribution is -0.144. The van der Waals surface area contributed by atoms with Crippen molar-refractivity contribution < 1.29 is 19.0 Å². The van der Waals surface area contributed by atoms with Crippen molar-refractivity contribution >= 4 is 5.97 Å². The standard InChI is InChI=1S/C12H14O4/c1-3-15-12(13)11-10(16-11)8-4-6-9(14-2)7-5-8/h4-7,10-11H,3H2,1-2H3/t10-,11-/m0/s1. The molecular weight excluding hydrogens is 208 g/mol. The van der Waals surface area contributed by atoms with Crippen LogP contribution in [0.4, 0.5) is 0 Å². The summed E-state index contributed by atoms with van der Waals surface area (Å²) in [5, 5.41) is 0. The molecule has 0 saturated carbocycles. The first-order chi connectivity index (χ1) is 7.76. The average molecular weight is 222 g/mol. The Hall–Kier alpha value is -1.55. The number of hydrogen-bond donors (Lipinski definition) is 0. The molecule has 1 aromatic rings. The van der Waals surface area contributed by atoms with E-state index in [0.717, 1.165) is 11.3 Å². The predicted molar refractivity (Wildman–Crippen MR) is 57.2 cm³/mol. The molecule has 1 aliphatic heterocycles. The van der Waals surface area contributed by atoms with E-state index >= 15 is 0 Å². The molecule has 0 aliphatic carbocycles. The van der Waals surface area contributed by atoms with E-state index in [-0.39, 0.29) is 12.1 Å². The molecule has 0 radical (unpaired) electrons. The van der Waals surface area contributed by atoms with E-state index in [2.05, 4.69) is 0 Å². The fraction of sp³-hybridized carbons (Fsp3) is 0.417. The van der Waals surface area contributed by atoms with Crippen LogP contribution in [0.15, 0.2) is 24.3 Å². The number of hydrogen-bond acceptors (Lipinski definition) is 4. The van der Waals surface area contributed by atoms with Crippen LogP contribution in [0.3, 0.4) is 0 Å². The summed E-state index contributed by atoms with van der Waals surface area (Å²) in [6, 6.07) is 7.48. The van der Waals surface area contributed by atoms with Gasteiger partial charge in [0.25, 0.3) is 0 Å². The van der Waals surface area contributed by atoms with Crippen LogP contribution in [-0.4, -0.2) is 25.8 Å². The van der Waals surface area contributed by atoms with Crippen molar-refractivity contribution in [2.24, 2.45) is 0 Å². The largest absolute Gasteiger partial charge is 0.497 e. The smallest absolute Gasteiger partial charge is 0.338 e. The van der Waals surface area contributed by atoms with Crippen molar-refractivity contribution in [2.45, 2.75) is 19.1 Å². The second-order valence-corrected chi connectivity index (χ2v) is 3.50. The molecular formula is C12H14O4. The van der Waals surface area contributed by atoms with E-state index in [1.54, 1.807) is 14.0 Å². The molecule has 1 saturated heterocycles. The summed E-state index contributed by atoms with van der Waals surface area (Å²) in [5.74, 6) is 0.500. The summed E-state index contributed by atoms with van der Waals surface area (Å²) < 4.78 is 15.2. The number of ether oxygens (including phenoxy) is 3. The minimum Gasteiger partial charge on any atom is -0.497 e. The van der Waals surface area contributed by atoms with Crippen LogP contribution in [0.25, 0.3) is 0 Å². The molecule has 0 aromatic heterocycles. The van der Waals surface area contributed by atoms with E-state index < -0.39 is 6.10 Å². The Morgan fingerprint density at radius 3 is 2.62 bits per heavy atom. The zero-order chi connectivity index (χ0) is 11.5. The molecule has 1 aromatic carbocycles. The van der Waals surface area contributed by atoms with E-state index in [1.807, 2.05) is 24.3 Å². The number of methoxy groups -OCH3 is 1. The van der Waals surface area contributed by atoms with E-state index in [9.17, 15) is 4.79 Å². The number of rotatable bonds is 4. The molecule has 2 atom stereocenters. The van der Waals surface area contributed by atoms with Crippen LogP contribution >= 0.6 is 0 Å². The lowest BCUT2D eigenvalue weighted by Gasteiger charge is -2.00. The fourth-order valence-corrected chi connectivity index (χ4v) is 1.56. The molecule has 0 N–H and O–H groups in total. The van der Waals surface area contributed by atoms with Gasteiger partial charge in [0, 0.05) is 0 Å². The summed E-state index contributed by atoms with van der Waals surface area (Å²) in [5.41, 5.74) is 0.971. The lowest BCUT2D eigenvalue weighted by Crippen LogP contribution is -2.11. The molecule has 4 nitrogen and oxygen atoms in total. The van der Waals surface area contributed by atoms with Gasteiger partial charge in [-0.25, -0.2) is 4.79 Å². The summed E-state index contributed by atoms with van der Waals surface area (Å²) in [6.07, 6.45) is -0.599. The van der Waals surface area contributed by atoms with E-state index in [1.165, 1.54) is 0 Å². The highest BCUT2D eigenvalue weighted by Crippen LogP contribution is 2.39. The van der Waals surface area contributed by atoms with Gasteiger partial charge in [-0.05, 0) is 24.6 Å². The Morgan fingerprint density at radius 2 is 2.06 bits per heavy atom. The Kier molecular flexibility index (Phi) is 3.10. The molecule has 1 heterocycles. The summed E-state index contributed by atoms with van der Waals surface area (Å²) >= 11 is 0. The minimum absolute atomic E-state index is 0.162. The molecule has 2 rings (SSSR count). The fourth-order valence-electron chi connectivity index (χ4n) is 1.56. The quantitative estimate of drug-likeness (QED) is 0.574. The number of carbonyl (C=O) groups excluding carboxylic acids is 1. The van der Waals surface area contributed by atoms with Crippen molar-refractivity contribution in [3.63, 3.8) is 0 Å².